The molecular weight excluding hydrogens is 653 g/mol. The molecule has 0 saturated heterocycles. The second kappa shape index (κ2) is 15.1. The van der Waals surface area contributed by atoms with Gasteiger partial charge in [-0.15, -0.1) is 0 Å². The SMILES string of the molecule is Cc1ccccc1N(CC(=O)N(Cc1ccc(Cl)cc1Cl)[C@H](Cc1ccccc1)C(=O)NC(C)C)S(=O)(=O)c1ccc(Cl)cc1. The van der Waals surface area contributed by atoms with E-state index in [1.807, 2.05) is 44.2 Å². The molecule has 45 heavy (non-hydrogen) atoms. The Kier molecular flexibility index (Phi) is 11.6. The molecule has 0 aliphatic heterocycles. The number of nitrogens with zero attached hydrogens (tertiary/aromatic N) is 2. The van der Waals surface area contributed by atoms with E-state index in [0.717, 1.165) is 9.87 Å². The maximum absolute atomic E-state index is 14.5. The Labute approximate surface area is 279 Å². The van der Waals surface area contributed by atoms with Crippen LogP contribution in [-0.4, -0.2) is 43.8 Å². The number of halogens is 3. The molecule has 0 radical (unpaired) electrons. The Morgan fingerprint density at radius 3 is 2.07 bits per heavy atom. The Bertz CT molecular complexity index is 1750. The molecule has 4 aromatic rings. The third kappa shape index (κ3) is 8.79. The molecule has 0 unspecified atom stereocenters. The van der Waals surface area contributed by atoms with Crippen LogP contribution in [0.1, 0.15) is 30.5 Å². The quantitative estimate of drug-likeness (QED) is 0.169. The van der Waals surface area contributed by atoms with Crippen molar-refractivity contribution in [1.82, 2.24) is 10.2 Å². The molecule has 2 amide bonds. The molecule has 1 atom stereocenters. The van der Waals surface area contributed by atoms with E-state index in [2.05, 4.69) is 5.32 Å². The summed E-state index contributed by atoms with van der Waals surface area (Å²) in [5.74, 6) is -0.975. The zero-order valence-electron chi connectivity index (χ0n) is 25.1. The Morgan fingerprint density at radius 1 is 0.822 bits per heavy atom. The van der Waals surface area contributed by atoms with Gasteiger partial charge in [-0.3, -0.25) is 13.9 Å². The Hall–Kier alpha value is -3.56. The smallest absolute Gasteiger partial charge is 0.264 e. The molecule has 1 N–H and O–H groups in total. The number of nitrogens with one attached hydrogen (secondary N) is 1. The largest absolute Gasteiger partial charge is 0.352 e. The summed E-state index contributed by atoms with van der Waals surface area (Å²) in [6.07, 6.45) is 0.185. The van der Waals surface area contributed by atoms with E-state index in [0.29, 0.717) is 31.9 Å². The van der Waals surface area contributed by atoms with E-state index in [4.69, 9.17) is 34.8 Å². The molecular formula is C34H34Cl3N3O4S. The van der Waals surface area contributed by atoms with Gasteiger partial charge in [-0.1, -0.05) is 89.4 Å². The number of aryl methyl sites for hydroxylation is 1. The van der Waals surface area contributed by atoms with Gasteiger partial charge in [-0.25, -0.2) is 8.42 Å². The first-order chi connectivity index (χ1) is 21.4. The van der Waals surface area contributed by atoms with Crippen molar-refractivity contribution in [3.8, 4) is 0 Å². The minimum atomic E-state index is -4.25. The first kappa shape index (κ1) is 34.3. The predicted molar refractivity (Wildman–Crippen MR) is 181 cm³/mol. The molecule has 0 aromatic heterocycles. The van der Waals surface area contributed by atoms with Gasteiger partial charge in [0, 0.05) is 34.1 Å². The van der Waals surface area contributed by atoms with Crippen LogP contribution in [0.3, 0.4) is 0 Å². The Balaban J connectivity index is 1.83. The van der Waals surface area contributed by atoms with E-state index < -0.39 is 28.5 Å². The molecule has 0 spiro atoms. The summed E-state index contributed by atoms with van der Waals surface area (Å²) < 4.78 is 29.4. The van der Waals surface area contributed by atoms with E-state index in [1.54, 1.807) is 49.4 Å². The van der Waals surface area contributed by atoms with Crippen LogP contribution < -0.4 is 9.62 Å². The minimum absolute atomic E-state index is 0.0337. The highest BCUT2D eigenvalue weighted by Gasteiger charge is 2.35. The van der Waals surface area contributed by atoms with Crippen molar-refractivity contribution in [2.45, 2.75) is 50.7 Å². The number of rotatable bonds is 12. The number of carbonyl (C=O) groups excluding carboxylic acids is 2. The summed E-state index contributed by atoms with van der Waals surface area (Å²) in [7, 11) is -4.25. The summed E-state index contributed by atoms with van der Waals surface area (Å²) in [6, 6.07) is 25.7. The van der Waals surface area contributed by atoms with Gasteiger partial charge in [-0.2, -0.15) is 0 Å². The topological polar surface area (TPSA) is 86.8 Å². The number of hydrogen-bond donors (Lipinski definition) is 1. The van der Waals surface area contributed by atoms with Crippen LogP contribution in [0, 0.1) is 6.92 Å². The van der Waals surface area contributed by atoms with Crippen LogP contribution in [0.25, 0.3) is 0 Å². The van der Waals surface area contributed by atoms with Crippen LogP contribution in [0.4, 0.5) is 5.69 Å². The second-order valence-corrected chi connectivity index (χ2v) is 14.0. The fraction of sp³-hybridized carbons (Fsp3) is 0.235. The highest BCUT2D eigenvalue weighted by molar-refractivity contribution is 7.92. The first-order valence-electron chi connectivity index (χ1n) is 14.3. The summed E-state index contributed by atoms with van der Waals surface area (Å²) in [5, 5.41) is 4.03. The average Bonchev–Trinajstić information content (AvgIpc) is 2.99. The number of amides is 2. The van der Waals surface area contributed by atoms with Crippen molar-refractivity contribution in [2.75, 3.05) is 10.8 Å². The fourth-order valence-electron chi connectivity index (χ4n) is 4.86. The van der Waals surface area contributed by atoms with Gasteiger partial charge in [0.25, 0.3) is 10.0 Å². The lowest BCUT2D eigenvalue weighted by atomic mass is 10.0. The minimum Gasteiger partial charge on any atom is -0.352 e. The van der Waals surface area contributed by atoms with Crippen molar-refractivity contribution in [3.05, 3.63) is 129 Å². The maximum atomic E-state index is 14.5. The zero-order valence-corrected chi connectivity index (χ0v) is 28.2. The molecule has 4 aromatic carbocycles. The summed E-state index contributed by atoms with van der Waals surface area (Å²) >= 11 is 18.8. The monoisotopic (exact) mass is 685 g/mol. The van der Waals surface area contributed by atoms with Crippen LogP contribution in [0.2, 0.25) is 15.1 Å². The van der Waals surface area contributed by atoms with Crippen molar-refractivity contribution in [2.24, 2.45) is 0 Å². The number of anilines is 1. The van der Waals surface area contributed by atoms with E-state index >= 15 is 0 Å². The van der Waals surface area contributed by atoms with Gasteiger partial charge in [0.2, 0.25) is 11.8 Å². The first-order valence-corrected chi connectivity index (χ1v) is 16.9. The van der Waals surface area contributed by atoms with Gasteiger partial charge in [0.05, 0.1) is 10.6 Å². The maximum Gasteiger partial charge on any atom is 0.264 e. The number of sulfonamides is 1. The van der Waals surface area contributed by atoms with Gasteiger partial charge in [0.1, 0.15) is 12.6 Å². The van der Waals surface area contributed by atoms with Crippen molar-refractivity contribution in [1.29, 1.82) is 0 Å². The number of hydrogen-bond acceptors (Lipinski definition) is 4. The van der Waals surface area contributed by atoms with Crippen LogP contribution in [0.5, 0.6) is 0 Å². The summed E-state index contributed by atoms with van der Waals surface area (Å²) in [4.78, 5) is 29.7. The average molecular weight is 687 g/mol. The van der Waals surface area contributed by atoms with Gasteiger partial charge in [0.15, 0.2) is 0 Å². The van der Waals surface area contributed by atoms with Gasteiger partial charge < -0.3 is 10.2 Å². The van der Waals surface area contributed by atoms with Gasteiger partial charge >= 0.3 is 0 Å². The lowest BCUT2D eigenvalue weighted by Crippen LogP contribution is -2.54. The zero-order chi connectivity index (χ0) is 32.7. The predicted octanol–water partition coefficient (Wildman–Crippen LogP) is 7.32. The normalized spacial score (nSPS) is 12.1. The highest BCUT2D eigenvalue weighted by Crippen LogP contribution is 2.29. The summed E-state index contributed by atoms with van der Waals surface area (Å²) in [5.41, 5.74) is 2.35. The lowest BCUT2D eigenvalue weighted by Gasteiger charge is -2.34. The molecule has 7 nitrogen and oxygen atoms in total. The van der Waals surface area contributed by atoms with Crippen molar-refractivity contribution in [3.63, 3.8) is 0 Å². The molecule has 0 aliphatic rings. The third-order valence-corrected chi connectivity index (χ3v) is 9.74. The molecule has 236 valence electrons. The molecule has 0 fully saturated rings. The van der Waals surface area contributed by atoms with Crippen LogP contribution in [0.15, 0.2) is 102 Å². The van der Waals surface area contributed by atoms with E-state index in [-0.39, 0.29) is 29.8 Å². The third-order valence-electron chi connectivity index (χ3n) is 7.12. The van der Waals surface area contributed by atoms with E-state index in [1.165, 1.54) is 29.2 Å². The lowest BCUT2D eigenvalue weighted by molar-refractivity contribution is -0.140. The van der Waals surface area contributed by atoms with Gasteiger partial charge in [-0.05, 0) is 79.9 Å². The van der Waals surface area contributed by atoms with Crippen molar-refractivity contribution >= 4 is 62.3 Å². The number of benzene rings is 4. The molecule has 0 aliphatic carbocycles. The molecule has 0 saturated carbocycles. The van der Waals surface area contributed by atoms with Crippen LogP contribution >= 0.6 is 34.8 Å². The van der Waals surface area contributed by atoms with Crippen LogP contribution in [-0.2, 0) is 32.6 Å². The summed E-state index contributed by atoms with van der Waals surface area (Å²) in [6.45, 7) is 4.78. The molecule has 11 heteroatoms. The fourth-order valence-corrected chi connectivity index (χ4v) is 6.93. The second-order valence-electron chi connectivity index (χ2n) is 10.9. The molecule has 0 heterocycles. The Morgan fingerprint density at radius 2 is 1.44 bits per heavy atom. The molecule has 4 rings (SSSR count). The standard InChI is InChI=1S/C34H34Cl3N3O4S/c1-23(2)38-34(42)32(19-25-10-5-4-6-11-25)39(21-26-13-14-28(36)20-30(26)37)33(41)22-40(31-12-8-7-9-24(31)3)45(43,44)29-17-15-27(35)16-18-29/h4-18,20,23,32H,19,21-22H2,1-3H3,(H,38,42)/t32-/m1/s1. The number of carbonyl (C=O) groups is 2. The van der Waals surface area contributed by atoms with Crippen molar-refractivity contribution < 1.29 is 18.0 Å². The highest BCUT2D eigenvalue weighted by atomic mass is 35.5. The molecule has 0 bridgehead atoms. The van der Waals surface area contributed by atoms with E-state index in [9.17, 15) is 18.0 Å². The number of para-hydroxylation sites is 1.